The van der Waals surface area contributed by atoms with Crippen molar-refractivity contribution >= 4 is 74.4 Å². The molecule has 0 rings (SSSR count). The fraction of sp³-hybridized carbons (Fsp3) is 0. The molecule has 0 aliphatic heterocycles. The molecule has 0 aromatic carbocycles. The van der Waals surface area contributed by atoms with E-state index in [0.29, 0.717) is 0 Å². The van der Waals surface area contributed by atoms with Crippen molar-refractivity contribution in [3.05, 3.63) is 0 Å². The van der Waals surface area contributed by atoms with Gasteiger partial charge in [0.2, 0.25) is 0 Å². The Labute approximate surface area is 104 Å². The second-order valence-electron chi connectivity index (χ2n) is 0. The van der Waals surface area contributed by atoms with Crippen molar-refractivity contribution < 1.29 is 31.0 Å². The molecular formula is H7Cl6Na. The maximum atomic E-state index is 0. The topological polar surface area (TPSA) is 0 Å². The van der Waals surface area contributed by atoms with Gasteiger partial charge in [0, 0.05) is 0 Å². The van der Waals surface area contributed by atoms with Gasteiger partial charge in [-0.2, -0.15) is 0 Å². The molecule has 0 atom stereocenters. The largest absolute Gasteiger partial charge is 1.00 e. The van der Waals surface area contributed by atoms with Crippen LogP contribution in [0.1, 0.15) is 1.43 Å². The molecule has 7 heteroatoms. The van der Waals surface area contributed by atoms with Crippen molar-refractivity contribution in [2.45, 2.75) is 0 Å². The SMILES string of the molecule is Cl.Cl.Cl.Cl.Cl.Cl.[H-].[Na+]. The Morgan fingerprint density at radius 3 is 0.429 bits per heavy atom. The molecule has 0 N–H and O–H groups in total. The second-order valence-corrected chi connectivity index (χ2v) is 0. The van der Waals surface area contributed by atoms with E-state index in [1.807, 2.05) is 0 Å². The molecule has 0 fully saturated rings. The van der Waals surface area contributed by atoms with E-state index in [4.69, 9.17) is 0 Å². The Morgan fingerprint density at radius 1 is 0.429 bits per heavy atom. The summed E-state index contributed by atoms with van der Waals surface area (Å²) in [6, 6.07) is 0. The fourth-order valence-corrected chi connectivity index (χ4v) is 0. The van der Waals surface area contributed by atoms with Crippen LogP contribution >= 0.6 is 74.4 Å². The molecule has 0 saturated heterocycles. The minimum atomic E-state index is 0. The van der Waals surface area contributed by atoms with E-state index in [1.54, 1.807) is 0 Å². The molecule has 0 aromatic rings. The van der Waals surface area contributed by atoms with Gasteiger partial charge in [0.25, 0.3) is 0 Å². The summed E-state index contributed by atoms with van der Waals surface area (Å²) in [6.45, 7) is 0. The molecule has 0 unspecified atom stereocenters. The van der Waals surface area contributed by atoms with Crippen LogP contribution in [0.4, 0.5) is 0 Å². The third kappa shape index (κ3) is 52.9. The van der Waals surface area contributed by atoms with Crippen molar-refractivity contribution in [1.82, 2.24) is 0 Å². The predicted octanol–water partition coefficient (Wildman–Crippen LogP) is -0.353. The Morgan fingerprint density at radius 2 is 0.429 bits per heavy atom. The van der Waals surface area contributed by atoms with Gasteiger partial charge in [0.15, 0.2) is 0 Å². The summed E-state index contributed by atoms with van der Waals surface area (Å²) in [5.41, 5.74) is 0. The van der Waals surface area contributed by atoms with Gasteiger partial charge in [-0.1, -0.05) is 0 Å². The van der Waals surface area contributed by atoms with Gasteiger partial charge in [-0.25, -0.2) is 0 Å². The fourth-order valence-electron chi connectivity index (χ4n) is 0. The van der Waals surface area contributed by atoms with Gasteiger partial charge in [-0.05, 0) is 0 Å². The minimum absolute atomic E-state index is 0. The minimum Gasteiger partial charge on any atom is -1.00 e. The Balaban J connectivity index is 0. The molecule has 0 heterocycles. The van der Waals surface area contributed by atoms with Crippen LogP contribution in [0.25, 0.3) is 0 Å². The number of hydrogen-bond donors (Lipinski definition) is 0. The van der Waals surface area contributed by atoms with Gasteiger partial charge in [0.05, 0.1) is 0 Å². The summed E-state index contributed by atoms with van der Waals surface area (Å²) in [6.07, 6.45) is 0. The van der Waals surface area contributed by atoms with Crippen molar-refractivity contribution in [2.75, 3.05) is 0 Å². The normalized spacial score (nSPS) is 0. The van der Waals surface area contributed by atoms with Crippen LogP contribution in [-0.2, 0) is 0 Å². The van der Waals surface area contributed by atoms with Gasteiger partial charge in [-0.15, -0.1) is 74.4 Å². The van der Waals surface area contributed by atoms with Crippen molar-refractivity contribution in [3.8, 4) is 0 Å². The Kier molecular flexibility index (Phi) is 987. The molecule has 0 bridgehead atoms. The van der Waals surface area contributed by atoms with Crippen molar-refractivity contribution in [2.24, 2.45) is 0 Å². The first-order chi connectivity index (χ1) is 0. The van der Waals surface area contributed by atoms with Crippen molar-refractivity contribution in [1.29, 1.82) is 0 Å². The zero-order valence-corrected chi connectivity index (χ0v) is 10.3. The number of halogens is 6. The van der Waals surface area contributed by atoms with E-state index in [-0.39, 0.29) is 105 Å². The third-order valence-corrected chi connectivity index (χ3v) is 0. The van der Waals surface area contributed by atoms with E-state index in [2.05, 4.69) is 0 Å². The summed E-state index contributed by atoms with van der Waals surface area (Å²) < 4.78 is 0. The predicted molar refractivity (Wildman–Crippen MR) is 44.6 cm³/mol. The molecule has 0 amide bonds. The smallest absolute Gasteiger partial charge is 1.00 e. The Bertz CT molecular complexity index is 8.49. The van der Waals surface area contributed by atoms with E-state index in [9.17, 15) is 0 Å². The van der Waals surface area contributed by atoms with Gasteiger partial charge < -0.3 is 1.43 Å². The average molecular weight is 243 g/mol. The molecule has 0 radical (unpaired) electrons. The summed E-state index contributed by atoms with van der Waals surface area (Å²) in [4.78, 5) is 0. The van der Waals surface area contributed by atoms with Crippen LogP contribution in [0.15, 0.2) is 0 Å². The molecule has 0 nitrogen and oxygen atoms in total. The van der Waals surface area contributed by atoms with Crippen LogP contribution in [0.5, 0.6) is 0 Å². The van der Waals surface area contributed by atoms with E-state index in [1.165, 1.54) is 0 Å². The van der Waals surface area contributed by atoms with E-state index in [0.717, 1.165) is 0 Å². The first-order valence-electron chi connectivity index (χ1n) is 0. The molecule has 0 aromatic heterocycles. The number of hydrogen-bond acceptors (Lipinski definition) is 0. The molecule has 0 spiro atoms. The van der Waals surface area contributed by atoms with Gasteiger partial charge in [0.1, 0.15) is 0 Å². The van der Waals surface area contributed by atoms with Gasteiger partial charge in [-0.3, -0.25) is 0 Å². The maximum Gasteiger partial charge on any atom is 1.00 e. The zero-order chi connectivity index (χ0) is 0. The van der Waals surface area contributed by atoms with Gasteiger partial charge >= 0.3 is 29.6 Å². The maximum absolute atomic E-state index is 0. The van der Waals surface area contributed by atoms with Crippen LogP contribution in [0.3, 0.4) is 0 Å². The molecule has 50 valence electrons. The Hall–Kier alpha value is 2.74. The summed E-state index contributed by atoms with van der Waals surface area (Å²) >= 11 is 0. The summed E-state index contributed by atoms with van der Waals surface area (Å²) in [5, 5.41) is 0. The van der Waals surface area contributed by atoms with Crippen LogP contribution in [0, 0.1) is 0 Å². The molecule has 0 saturated carbocycles. The van der Waals surface area contributed by atoms with Crippen molar-refractivity contribution in [3.63, 3.8) is 0 Å². The monoisotopic (exact) mass is 240 g/mol. The summed E-state index contributed by atoms with van der Waals surface area (Å²) in [7, 11) is 0. The molecule has 0 aliphatic rings. The van der Waals surface area contributed by atoms with Crippen LogP contribution in [-0.4, -0.2) is 0 Å². The summed E-state index contributed by atoms with van der Waals surface area (Å²) in [5.74, 6) is 0. The van der Waals surface area contributed by atoms with E-state index < -0.39 is 0 Å². The number of rotatable bonds is 0. The van der Waals surface area contributed by atoms with Crippen LogP contribution < -0.4 is 29.6 Å². The zero-order valence-electron chi connectivity index (χ0n) is 4.45. The molecular weight excluding hydrogens is 236 g/mol. The quantitative estimate of drug-likeness (QED) is 0.510. The molecule has 0 aliphatic carbocycles. The van der Waals surface area contributed by atoms with E-state index >= 15 is 0 Å². The second kappa shape index (κ2) is 69.7. The third-order valence-electron chi connectivity index (χ3n) is 0. The standard InChI is InChI=1S/6ClH.Na.H/h6*1H;;/q;;;;;;+1;-1. The average Bonchev–Trinajstić information content (AvgIpc) is 0. The van der Waals surface area contributed by atoms with Crippen LogP contribution in [0.2, 0.25) is 0 Å². The first kappa shape index (κ1) is 99.1. The first-order valence-corrected chi connectivity index (χ1v) is 0. The molecule has 7 heavy (non-hydrogen) atoms.